The molecular weight excluding hydrogens is 368 g/mol. The highest BCUT2D eigenvalue weighted by atomic mass is 32.2. The van der Waals surface area contributed by atoms with E-state index in [1.165, 1.54) is 0 Å². The molecule has 1 fully saturated rings. The molecule has 0 spiro atoms. The van der Waals surface area contributed by atoms with Crippen molar-refractivity contribution in [1.82, 2.24) is 9.21 Å². The summed E-state index contributed by atoms with van der Waals surface area (Å²) >= 11 is 1.59. The van der Waals surface area contributed by atoms with Gasteiger partial charge in [0.1, 0.15) is 0 Å². The fourth-order valence-electron chi connectivity index (χ4n) is 3.66. The van der Waals surface area contributed by atoms with Gasteiger partial charge in [-0.1, -0.05) is 12.1 Å². The molecular formula is C19H22N2O3S2. The number of nitrogens with zero attached hydrogens (tertiary/aromatic N) is 2. The Morgan fingerprint density at radius 3 is 2.62 bits per heavy atom. The fraction of sp³-hybridized carbons (Fsp3) is 0.421. The average Bonchev–Trinajstić information content (AvgIpc) is 3.34. The van der Waals surface area contributed by atoms with Crippen LogP contribution in [0.25, 0.3) is 0 Å². The van der Waals surface area contributed by atoms with Gasteiger partial charge in [0, 0.05) is 31.1 Å². The van der Waals surface area contributed by atoms with Gasteiger partial charge < -0.3 is 4.90 Å². The van der Waals surface area contributed by atoms with Crippen molar-refractivity contribution in [2.45, 2.75) is 37.1 Å². The lowest BCUT2D eigenvalue weighted by molar-refractivity contribution is -0.131. The van der Waals surface area contributed by atoms with Gasteiger partial charge in [-0.25, -0.2) is 8.42 Å². The molecule has 0 bridgehead atoms. The number of hydrogen-bond acceptors (Lipinski definition) is 4. The molecule has 138 valence electrons. The third kappa shape index (κ3) is 3.43. The summed E-state index contributed by atoms with van der Waals surface area (Å²) in [5, 5.41) is 1.98. The molecule has 2 aliphatic heterocycles. The van der Waals surface area contributed by atoms with Crippen LogP contribution in [0.15, 0.2) is 40.6 Å². The highest BCUT2D eigenvalue weighted by molar-refractivity contribution is 7.89. The van der Waals surface area contributed by atoms with E-state index in [1.807, 2.05) is 28.5 Å². The van der Waals surface area contributed by atoms with Crippen molar-refractivity contribution < 1.29 is 13.2 Å². The van der Waals surface area contributed by atoms with E-state index in [0.29, 0.717) is 37.5 Å². The molecule has 4 rings (SSSR count). The number of amides is 1. The first-order chi connectivity index (χ1) is 12.5. The van der Waals surface area contributed by atoms with Crippen molar-refractivity contribution >= 4 is 27.3 Å². The Morgan fingerprint density at radius 2 is 1.88 bits per heavy atom. The SMILES string of the molecule is O=C(Cc1cccs1)N1CCc2ccc(S(=O)(=O)N3CCCC3)cc2C1. The van der Waals surface area contributed by atoms with E-state index < -0.39 is 10.0 Å². The first kappa shape index (κ1) is 17.7. The van der Waals surface area contributed by atoms with Crippen LogP contribution in [0.3, 0.4) is 0 Å². The number of hydrogen-bond donors (Lipinski definition) is 0. The molecule has 0 aliphatic carbocycles. The number of carbonyl (C=O) groups excluding carboxylic acids is 1. The molecule has 5 nitrogen and oxygen atoms in total. The number of sulfonamides is 1. The Hall–Kier alpha value is -1.70. The molecule has 7 heteroatoms. The van der Waals surface area contributed by atoms with Gasteiger partial charge in [0.05, 0.1) is 11.3 Å². The summed E-state index contributed by atoms with van der Waals surface area (Å²) in [5.41, 5.74) is 2.10. The molecule has 3 heterocycles. The lowest BCUT2D eigenvalue weighted by atomic mass is 9.99. The number of benzene rings is 1. The molecule has 0 atom stereocenters. The van der Waals surface area contributed by atoms with Crippen LogP contribution in [0.2, 0.25) is 0 Å². The van der Waals surface area contributed by atoms with Crippen molar-refractivity contribution in [3.05, 3.63) is 51.7 Å². The van der Waals surface area contributed by atoms with Gasteiger partial charge in [0.25, 0.3) is 0 Å². The Kier molecular flexibility index (Phi) is 4.86. The second-order valence-corrected chi connectivity index (χ2v) is 9.83. The minimum atomic E-state index is -3.42. The van der Waals surface area contributed by atoms with E-state index in [4.69, 9.17) is 0 Å². The molecule has 0 unspecified atom stereocenters. The van der Waals surface area contributed by atoms with Crippen LogP contribution >= 0.6 is 11.3 Å². The van der Waals surface area contributed by atoms with Gasteiger partial charge in [-0.2, -0.15) is 4.31 Å². The second-order valence-electron chi connectivity index (χ2n) is 6.86. The lowest BCUT2D eigenvalue weighted by Gasteiger charge is -2.29. The van der Waals surface area contributed by atoms with Gasteiger partial charge >= 0.3 is 0 Å². The van der Waals surface area contributed by atoms with E-state index in [2.05, 4.69) is 0 Å². The van der Waals surface area contributed by atoms with Crippen molar-refractivity contribution in [2.24, 2.45) is 0 Å². The van der Waals surface area contributed by atoms with Crippen LogP contribution in [0.5, 0.6) is 0 Å². The molecule has 0 saturated carbocycles. The quantitative estimate of drug-likeness (QED) is 0.806. The monoisotopic (exact) mass is 390 g/mol. The van der Waals surface area contributed by atoms with Crippen molar-refractivity contribution in [3.8, 4) is 0 Å². The topological polar surface area (TPSA) is 57.7 Å². The van der Waals surface area contributed by atoms with E-state index in [1.54, 1.807) is 27.8 Å². The summed E-state index contributed by atoms with van der Waals surface area (Å²) in [7, 11) is -3.42. The number of fused-ring (bicyclic) bond motifs is 1. The highest BCUT2D eigenvalue weighted by Gasteiger charge is 2.29. The van der Waals surface area contributed by atoms with E-state index in [-0.39, 0.29) is 5.91 Å². The largest absolute Gasteiger partial charge is 0.338 e. The number of rotatable bonds is 4. The zero-order valence-corrected chi connectivity index (χ0v) is 16.2. The van der Waals surface area contributed by atoms with Gasteiger partial charge in [0.2, 0.25) is 15.9 Å². The maximum Gasteiger partial charge on any atom is 0.243 e. The van der Waals surface area contributed by atoms with E-state index in [9.17, 15) is 13.2 Å². The Morgan fingerprint density at radius 1 is 1.08 bits per heavy atom. The van der Waals surface area contributed by atoms with E-state index in [0.717, 1.165) is 35.3 Å². The lowest BCUT2D eigenvalue weighted by Crippen LogP contribution is -2.37. The first-order valence-corrected chi connectivity index (χ1v) is 11.3. The number of carbonyl (C=O) groups is 1. The molecule has 1 amide bonds. The first-order valence-electron chi connectivity index (χ1n) is 8.96. The zero-order chi connectivity index (χ0) is 18.1. The highest BCUT2D eigenvalue weighted by Crippen LogP contribution is 2.26. The minimum Gasteiger partial charge on any atom is -0.338 e. The summed E-state index contributed by atoms with van der Waals surface area (Å²) in [4.78, 5) is 15.8. The second kappa shape index (κ2) is 7.13. The van der Waals surface area contributed by atoms with E-state index >= 15 is 0 Å². The Balaban J connectivity index is 1.53. The Labute approximate surface area is 158 Å². The standard InChI is InChI=1S/C19H22N2O3S2/c22-19(13-17-4-3-11-25-17)20-10-7-15-5-6-18(12-16(15)14-20)26(23,24)21-8-1-2-9-21/h3-6,11-12H,1-2,7-10,13-14H2. The summed E-state index contributed by atoms with van der Waals surface area (Å²) in [6.45, 7) is 2.38. The van der Waals surface area contributed by atoms with Gasteiger partial charge in [0.15, 0.2) is 0 Å². The molecule has 1 aromatic heterocycles. The summed E-state index contributed by atoms with van der Waals surface area (Å²) in [6.07, 6.45) is 3.04. The molecule has 0 N–H and O–H groups in total. The van der Waals surface area contributed by atoms with Crippen molar-refractivity contribution in [3.63, 3.8) is 0 Å². The Bertz CT molecular complexity index is 901. The molecule has 26 heavy (non-hydrogen) atoms. The summed E-state index contributed by atoms with van der Waals surface area (Å²) < 4.78 is 27.2. The zero-order valence-electron chi connectivity index (χ0n) is 14.6. The van der Waals surface area contributed by atoms with Gasteiger partial charge in [-0.3, -0.25) is 4.79 Å². The summed E-state index contributed by atoms with van der Waals surface area (Å²) in [5.74, 6) is 0.103. The van der Waals surface area contributed by atoms with Crippen LogP contribution in [-0.4, -0.2) is 43.2 Å². The van der Waals surface area contributed by atoms with Crippen LogP contribution in [0.1, 0.15) is 28.8 Å². The van der Waals surface area contributed by atoms with Crippen LogP contribution in [0, 0.1) is 0 Å². The molecule has 1 saturated heterocycles. The molecule has 2 aromatic rings. The molecule has 2 aliphatic rings. The van der Waals surface area contributed by atoms with Gasteiger partial charge in [-0.15, -0.1) is 11.3 Å². The third-order valence-electron chi connectivity index (χ3n) is 5.15. The smallest absolute Gasteiger partial charge is 0.243 e. The van der Waals surface area contributed by atoms with Gasteiger partial charge in [-0.05, 0) is 54.0 Å². The maximum absolute atomic E-state index is 12.8. The fourth-order valence-corrected chi connectivity index (χ4v) is 5.92. The third-order valence-corrected chi connectivity index (χ3v) is 7.92. The van der Waals surface area contributed by atoms with Crippen LogP contribution in [0.4, 0.5) is 0 Å². The predicted molar refractivity (Wildman–Crippen MR) is 102 cm³/mol. The molecule has 1 aromatic carbocycles. The minimum absolute atomic E-state index is 0.103. The number of thiophene rings is 1. The van der Waals surface area contributed by atoms with Crippen LogP contribution < -0.4 is 0 Å². The van der Waals surface area contributed by atoms with Crippen molar-refractivity contribution in [1.29, 1.82) is 0 Å². The maximum atomic E-state index is 12.8. The normalized spacial score (nSPS) is 18.1. The molecule has 0 radical (unpaired) electrons. The van der Waals surface area contributed by atoms with Crippen LogP contribution in [-0.2, 0) is 34.2 Å². The van der Waals surface area contributed by atoms with Crippen molar-refractivity contribution in [2.75, 3.05) is 19.6 Å². The predicted octanol–water partition coefficient (Wildman–Crippen LogP) is 2.66. The summed E-state index contributed by atoms with van der Waals surface area (Å²) in [6, 6.07) is 9.33. The average molecular weight is 391 g/mol.